The van der Waals surface area contributed by atoms with Gasteiger partial charge in [-0.15, -0.1) is 0 Å². The van der Waals surface area contributed by atoms with Crippen LogP contribution in [0.2, 0.25) is 0 Å². The maximum absolute atomic E-state index is 5.22. The summed E-state index contributed by atoms with van der Waals surface area (Å²) in [7, 11) is 0. The summed E-state index contributed by atoms with van der Waals surface area (Å²) in [6.07, 6.45) is 7.60. The van der Waals surface area contributed by atoms with Gasteiger partial charge in [-0.05, 0) is 30.9 Å². The maximum atomic E-state index is 5.22. The third kappa shape index (κ3) is 0.766. The van der Waals surface area contributed by atoms with Gasteiger partial charge in [0.25, 0.3) is 0 Å². The van der Waals surface area contributed by atoms with E-state index < -0.39 is 0 Å². The topological polar surface area (TPSA) is 13.1 Å². The van der Waals surface area contributed by atoms with E-state index in [4.69, 9.17) is 4.42 Å². The van der Waals surface area contributed by atoms with Gasteiger partial charge in [-0.2, -0.15) is 0 Å². The van der Waals surface area contributed by atoms with Crippen LogP contribution >= 0.6 is 0 Å². The number of rotatable bonds is 0. The van der Waals surface area contributed by atoms with Crippen LogP contribution < -0.4 is 0 Å². The Morgan fingerprint density at radius 1 is 1.44 bits per heavy atom. The molecule has 1 nitrogen and oxygen atoms in total. The van der Waals surface area contributed by atoms with E-state index in [1.807, 2.05) is 6.07 Å². The highest BCUT2D eigenvalue weighted by Gasteiger charge is 2.10. The zero-order chi connectivity index (χ0) is 6.10. The van der Waals surface area contributed by atoms with Gasteiger partial charge in [0.2, 0.25) is 0 Å². The summed E-state index contributed by atoms with van der Waals surface area (Å²) < 4.78 is 5.22. The molecule has 0 atom stereocenters. The Balaban J connectivity index is 2.39. The molecule has 0 bridgehead atoms. The Morgan fingerprint density at radius 3 is 3.33 bits per heavy atom. The molecule has 0 N–H and O–H groups in total. The second kappa shape index (κ2) is 1.90. The summed E-state index contributed by atoms with van der Waals surface area (Å²) in [5.74, 6) is 1.17. The molecule has 0 fully saturated rings. The lowest BCUT2D eigenvalue weighted by molar-refractivity contribution is 0.491. The number of aryl methyl sites for hydroxylation is 1. The molecule has 0 aromatic carbocycles. The maximum Gasteiger partial charge on any atom is 0.107 e. The predicted octanol–water partition coefficient (Wildman–Crippen LogP) is 2.17. The zero-order valence-corrected chi connectivity index (χ0v) is 5.26. The Bertz CT molecular complexity index is 180. The van der Waals surface area contributed by atoms with Crippen LogP contribution in [0.15, 0.2) is 16.7 Å². The normalized spacial score (nSPS) is 17.3. The molecule has 47 valence electrons. The van der Waals surface area contributed by atoms with Crippen molar-refractivity contribution < 1.29 is 4.42 Å². The number of fused-ring (bicyclic) bond motifs is 1. The van der Waals surface area contributed by atoms with Crippen molar-refractivity contribution in [1.82, 2.24) is 0 Å². The molecule has 1 aliphatic rings. The number of hydrogen-bond acceptors (Lipinski definition) is 1. The standard InChI is InChI=1S/C8H9O/c1-2-4-8-7(3-1)5-6-9-8/h3,5-6H,1-2,4H2. The van der Waals surface area contributed by atoms with Gasteiger partial charge in [0.05, 0.1) is 6.26 Å². The van der Waals surface area contributed by atoms with Crippen LogP contribution in [0.25, 0.3) is 0 Å². The third-order valence-electron chi connectivity index (χ3n) is 1.75. The van der Waals surface area contributed by atoms with Crippen molar-refractivity contribution in [2.24, 2.45) is 0 Å². The number of furan rings is 1. The zero-order valence-electron chi connectivity index (χ0n) is 5.26. The molecule has 0 saturated carbocycles. The van der Waals surface area contributed by atoms with Gasteiger partial charge in [-0.25, -0.2) is 0 Å². The van der Waals surface area contributed by atoms with Gasteiger partial charge in [-0.1, -0.05) is 0 Å². The van der Waals surface area contributed by atoms with Gasteiger partial charge < -0.3 is 4.42 Å². The first kappa shape index (κ1) is 5.10. The monoisotopic (exact) mass is 121 g/mol. The molecule has 1 aliphatic carbocycles. The molecule has 1 aromatic heterocycles. The lowest BCUT2D eigenvalue weighted by atomic mass is 9.99. The van der Waals surface area contributed by atoms with Crippen LogP contribution in [0.3, 0.4) is 0 Å². The SMILES string of the molecule is [CH]1CCCc2occc21. The van der Waals surface area contributed by atoms with Crippen LogP contribution in [-0.2, 0) is 6.42 Å². The van der Waals surface area contributed by atoms with Crippen molar-refractivity contribution in [2.45, 2.75) is 19.3 Å². The first-order chi connectivity index (χ1) is 4.47. The van der Waals surface area contributed by atoms with E-state index in [0.29, 0.717) is 0 Å². The summed E-state index contributed by atoms with van der Waals surface area (Å²) in [5.41, 5.74) is 1.31. The van der Waals surface area contributed by atoms with Crippen LogP contribution in [0.4, 0.5) is 0 Å². The molecule has 2 rings (SSSR count). The van der Waals surface area contributed by atoms with Gasteiger partial charge >= 0.3 is 0 Å². The summed E-state index contributed by atoms with van der Waals surface area (Å²) in [5, 5.41) is 0. The molecule has 1 aromatic rings. The van der Waals surface area contributed by atoms with E-state index >= 15 is 0 Å². The molecule has 0 unspecified atom stereocenters. The quantitative estimate of drug-likeness (QED) is 0.512. The smallest absolute Gasteiger partial charge is 0.107 e. The Morgan fingerprint density at radius 2 is 2.44 bits per heavy atom. The highest BCUT2D eigenvalue weighted by atomic mass is 16.3. The van der Waals surface area contributed by atoms with Crippen molar-refractivity contribution in [3.05, 3.63) is 30.1 Å². The fourth-order valence-electron chi connectivity index (χ4n) is 1.26. The second-order valence-electron chi connectivity index (χ2n) is 2.40. The fourth-order valence-corrected chi connectivity index (χ4v) is 1.26. The van der Waals surface area contributed by atoms with Gasteiger partial charge in [-0.3, -0.25) is 0 Å². The van der Waals surface area contributed by atoms with Gasteiger partial charge in [0.15, 0.2) is 0 Å². The highest BCUT2D eigenvalue weighted by Crippen LogP contribution is 2.22. The lowest BCUT2D eigenvalue weighted by Gasteiger charge is -2.06. The van der Waals surface area contributed by atoms with Crippen LogP contribution in [-0.4, -0.2) is 0 Å². The van der Waals surface area contributed by atoms with E-state index in [0.717, 1.165) is 6.42 Å². The van der Waals surface area contributed by atoms with Crippen molar-refractivity contribution >= 4 is 0 Å². The molecule has 1 heterocycles. The molecule has 0 amide bonds. The minimum absolute atomic E-state index is 1.12. The van der Waals surface area contributed by atoms with Crippen LogP contribution in [0.1, 0.15) is 24.2 Å². The van der Waals surface area contributed by atoms with Crippen molar-refractivity contribution in [2.75, 3.05) is 0 Å². The van der Waals surface area contributed by atoms with E-state index in [1.54, 1.807) is 6.26 Å². The molecular weight excluding hydrogens is 112 g/mol. The predicted molar refractivity (Wildman–Crippen MR) is 35.0 cm³/mol. The first-order valence-electron chi connectivity index (χ1n) is 3.36. The molecule has 9 heavy (non-hydrogen) atoms. The Labute approximate surface area is 54.7 Å². The van der Waals surface area contributed by atoms with Crippen LogP contribution in [0.5, 0.6) is 0 Å². The molecule has 1 heteroatoms. The average Bonchev–Trinajstić information content (AvgIpc) is 2.33. The summed E-state index contributed by atoms with van der Waals surface area (Å²) in [4.78, 5) is 0. The van der Waals surface area contributed by atoms with E-state index in [2.05, 4.69) is 6.42 Å². The first-order valence-corrected chi connectivity index (χ1v) is 3.36. The largest absolute Gasteiger partial charge is 0.469 e. The molecular formula is C8H9O. The second-order valence-corrected chi connectivity index (χ2v) is 2.40. The minimum atomic E-state index is 1.12. The molecule has 0 spiro atoms. The minimum Gasteiger partial charge on any atom is -0.469 e. The summed E-state index contributed by atoms with van der Waals surface area (Å²) >= 11 is 0. The fraction of sp³-hybridized carbons (Fsp3) is 0.375. The van der Waals surface area contributed by atoms with Crippen molar-refractivity contribution in [3.8, 4) is 0 Å². The van der Waals surface area contributed by atoms with Crippen LogP contribution in [0, 0.1) is 6.42 Å². The summed E-state index contributed by atoms with van der Waals surface area (Å²) in [6.45, 7) is 0. The molecule has 1 radical (unpaired) electrons. The lowest BCUT2D eigenvalue weighted by Crippen LogP contribution is -1.95. The van der Waals surface area contributed by atoms with E-state index in [1.165, 1.54) is 24.2 Å². The molecule has 0 aliphatic heterocycles. The third-order valence-corrected chi connectivity index (χ3v) is 1.75. The molecule has 0 saturated heterocycles. The average molecular weight is 121 g/mol. The highest BCUT2D eigenvalue weighted by molar-refractivity contribution is 5.27. The van der Waals surface area contributed by atoms with Gasteiger partial charge in [0.1, 0.15) is 5.76 Å². The van der Waals surface area contributed by atoms with Crippen molar-refractivity contribution in [1.29, 1.82) is 0 Å². The van der Waals surface area contributed by atoms with Gasteiger partial charge in [0, 0.05) is 6.42 Å². The Hall–Kier alpha value is -0.720. The van der Waals surface area contributed by atoms with Crippen molar-refractivity contribution in [3.63, 3.8) is 0 Å². The van der Waals surface area contributed by atoms with E-state index in [-0.39, 0.29) is 0 Å². The Kier molecular flexibility index (Phi) is 1.08. The number of hydrogen-bond donors (Lipinski definition) is 0. The summed E-state index contributed by atoms with van der Waals surface area (Å²) in [6, 6.07) is 2.04. The van der Waals surface area contributed by atoms with E-state index in [9.17, 15) is 0 Å².